The van der Waals surface area contributed by atoms with E-state index in [4.69, 9.17) is 5.11 Å². The number of hydrogen-bond donors (Lipinski definition) is 2. The predicted molar refractivity (Wildman–Crippen MR) is 71.7 cm³/mol. The van der Waals surface area contributed by atoms with E-state index in [1.165, 1.54) is 0 Å². The van der Waals surface area contributed by atoms with Gasteiger partial charge in [0.25, 0.3) is 5.91 Å². The number of pyridine rings is 1. The highest BCUT2D eigenvalue weighted by Gasteiger charge is 2.15. The molecule has 0 aromatic carbocycles. The molecule has 0 aliphatic carbocycles. The number of aliphatic hydroxyl groups excluding tert-OH is 1. The highest BCUT2D eigenvalue weighted by Crippen LogP contribution is 2.08. The molecule has 1 heterocycles. The summed E-state index contributed by atoms with van der Waals surface area (Å²) < 4.78 is 0. The van der Waals surface area contributed by atoms with Crippen molar-refractivity contribution in [2.45, 2.75) is 20.3 Å². The van der Waals surface area contributed by atoms with Crippen LogP contribution in [-0.4, -0.2) is 47.1 Å². The average molecular weight is 251 g/mol. The number of nitrogens with zero attached hydrogens (tertiary/aromatic N) is 2. The highest BCUT2D eigenvalue weighted by atomic mass is 16.3. The lowest BCUT2D eigenvalue weighted by atomic mass is 10.2. The van der Waals surface area contributed by atoms with Gasteiger partial charge >= 0.3 is 0 Å². The Kier molecular flexibility index (Phi) is 6.14. The first-order valence-electron chi connectivity index (χ1n) is 6.33. The molecular formula is C13H21N3O2. The lowest BCUT2D eigenvalue weighted by molar-refractivity contribution is 0.0716. The van der Waals surface area contributed by atoms with Crippen molar-refractivity contribution in [1.29, 1.82) is 0 Å². The number of aromatic nitrogens is 1. The van der Waals surface area contributed by atoms with Crippen molar-refractivity contribution in [2.75, 3.05) is 31.6 Å². The second kappa shape index (κ2) is 7.66. The molecule has 0 radical (unpaired) electrons. The maximum atomic E-state index is 12.1. The van der Waals surface area contributed by atoms with Crippen molar-refractivity contribution < 1.29 is 9.90 Å². The van der Waals surface area contributed by atoms with Crippen molar-refractivity contribution in [1.82, 2.24) is 9.88 Å². The van der Waals surface area contributed by atoms with Crippen LogP contribution in [0.1, 0.15) is 30.8 Å². The van der Waals surface area contributed by atoms with Crippen molar-refractivity contribution in [3.8, 4) is 0 Å². The zero-order valence-corrected chi connectivity index (χ0v) is 11.0. The fraction of sp³-hybridized carbons (Fsp3) is 0.538. The third kappa shape index (κ3) is 4.00. The van der Waals surface area contributed by atoms with Crippen molar-refractivity contribution >= 4 is 11.6 Å². The molecule has 1 aromatic heterocycles. The Morgan fingerprint density at radius 2 is 2.17 bits per heavy atom. The molecule has 0 fully saturated rings. The van der Waals surface area contributed by atoms with Gasteiger partial charge in [-0.3, -0.25) is 4.79 Å². The van der Waals surface area contributed by atoms with Crippen LogP contribution in [0, 0.1) is 0 Å². The van der Waals surface area contributed by atoms with Crippen LogP contribution in [0.2, 0.25) is 0 Å². The molecule has 0 saturated carbocycles. The summed E-state index contributed by atoms with van der Waals surface area (Å²) >= 11 is 0. The van der Waals surface area contributed by atoms with Crippen LogP contribution < -0.4 is 5.32 Å². The molecule has 1 aromatic rings. The van der Waals surface area contributed by atoms with E-state index >= 15 is 0 Å². The lowest BCUT2D eigenvalue weighted by Gasteiger charge is -2.20. The molecule has 2 N–H and O–H groups in total. The van der Waals surface area contributed by atoms with Crippen molar-refractivity contribution in [2.24, 2.45) is 0 Å². The Balaban J connectivity index is 2.74. The maximum absolute atomic E-state index is 12.1. The van der Waals surface area contributed by atoms with Gasteiger partial charge < -0.3 is 15.3 Å². The molecule has 0 bridgehead atoms. The van der Waals surface area contributed by atoms with Crippen LogP contribution in [-0.2, 0) is 0 Å². The Morgan fingerprint density at radius 1 is 1.39 bits per heavy atom. The number of nitrogens with one attached hydrogen (secondary N) is 1. The minimum atomic E-state index is -0.131. The van der Waals surface area contributed by atoms with Crippen molar-refractivity contribution in [3.05, 3.63) is 24.0 Å². The molecule has 5 heteroatoms. The van der Waals surface area contributed by atoms with E-state index in [9.17, 15) is 4.79 Å². The summed E-state index contributed by atoms with van der Waals surface area (Å²) in [6.07, 6.45) is 2.51. The summed E-state index contributed by atoms with van der Waals surface area (Å²) in [5.41, 5.74) is 1.32. The van der Waals surface area contributed by atoms with Crippen LogP contribution in [0.5, 0.6) is 0 Å². The number of aliphatic hydroxyl groups is 1. The van der Waals surface area contributed by atoms with E-state index in [2.05, 4.69) is 10.3 Å². The molecule has 100 valence electrons. The fourth-order valence-electron chi connectivity index (χ4n) is 1.70. The van der Waals surface area contributed by atoms with E-state index in [0.717, 1.165) is 18.7 Å². The van der Waals surface area contributed by atoms with Gasteiger partial charge in [-0.05, 0) is 25.5 Å². The summed E-state index contributed by atoms with van der Waals surface area (Å²) in [6, 6.07) is 3.55. The summed E-state index contributed by atoms with van der Waals surface area (Å²) in [5.74, 6) is -0.131. The topological polar surface area (TPSA) is 65.5 Å². The van der Waals surface area contributed by atoms with Gasteiger partial charge in [-0.2, -0.15) is 0 Å². The van der Waals surface area contributed by atoms with Crippen LogP contribution in [0.3, 0.4) is 0 Å². The molecule has 1 amide bonds. The normalized spacial score (nSPS) is 10.2. The van der Waals surface area contributed by atoms with E-state index < -0.39 is 0 Å². The summed E-state index contributed by atoms with van der Waals surface area (Å²) in [6.45, 7) is 5.78. The summed E-state index contributed by atoms with van der Waals surface area (Å²) in [4.78, 5) is 17.9. The third-order valence-corrected chi connectivity index (χ3v) is 2.51. The Morgan fingerprint density at radius 3 is 2.67 bits per heavy atom. The standard InChI is InChI=1S/C13H21N3O2/c1-3-7-16(8-9-17)13(18)12-6-5-11(10-15-12)14-4-2/h5-6,10,14,17H,3-4,7-9H2,1-2H3. The Hall–Kier alpha value is -1.62. The van der Waals surface area contributed by atoms with Gasteiger partial charge in [-0.25, -0.2) is 4.98 Å². The Labute approximate surface area is 108 Å². The van der Waals surface area contributed by atoms with E-state index in [-0.39, 0.29) is 12.5 Å². The molecule has 18 heavy (non-hydrogen) atoms. The third-order valence-electron chi connectivity index (χ3n) is 2.51. The summed E-state index contributed by atoms with van der Waals surface area (Å²) in [5, 5.41) is 12.1. The molecule has 0 atom stereocenters. The van der Waals surface area contributed by atoms with Gasteiger partial charge in [0, 0.05) is 19.6 Å². The second-order valence-electron chi connectivity index (χ2n) is 3.98. The first-order chi connectivity index (χ1) is 8.72. The van der Waals surface area contributed by atoms with Gasteiger partial charge in [0.05, 0.1) is 18.5 Å². The minimum Gasteiger partial charge on any atom is -0.395 e. The molecule has 0 aliphatic rings. The van der Waals surface area contributed by atoms with Gasteiger partial charge in [0.2, 0.25) is 0 Å². The maximum Gasteiger partial charge on any atom is 0.272 e. The molecule has 5 nitrogen and oxygen atoms in total. The lowest BCUT2D eigenvalue weighted by Crippen LogP contribution is -2.34. The largest absolute Gasteiger partial charge is 0.395 e. The zero-order valence-electron chi connectivity index (χ0n) is 11.0. The predicted octanol–water partition coefficient (Wildman–Crippen LogP) is 1.36. The molecule has 0 aliphatic heterocycles. The quantitative estimate of drug-likeness (QED) is 0.768. The second-order valence-corrected chi connectivity index (χ2v) is 3.98. The average Bonchev–Trinajstić information content (AvgIpc) is 2.39. The number of carbonyl (C=O) groups is 1. The first-order valence-corrected chi connectivity index (χ1v) is 6.33. The summed E-state index contributed by atoms with van der Waals surface area (Å²) in [7, 11) is 0. The van der Waals surface area contributed by atoms with E-state index in [0.29, 0.717) is 18.8 Å². The molecule has 1 rings (SSSR count). The van der Waals surface area contributed by atoms with Gasteiger partial charge in [-0.15, -0.1) is 0 Å². The Bertz CT molecular complexity index is 359. The molecular weight excluding hydrogens is 230 g/mol. The number of anilines is 1. The molecule has 0 unspecified atom stereocenters. The highest BCUT2D eigenvalue weighted by molar-refractivity contribution is 5.92. The van der Waals surface area contributed by atoms with E-state index in [1.54, 1.807) is 17.2 Å². The monoisotopic (exact) mass is 251 g/mol. The fourth-order valence-corrected chi connectivity index (χ4v) is 1.70. The molecule has 0 spiro atoms. The van der Waals surface area contributed by atoms with Gasteiger partial charge in [0.15, 0.2) is 0 Å². The van der Waals surface area contributed by atoms with Gasteiger partial charge in [0.1, 0.15) is 5.69 Å². The van der Waals surface area contributed by atoms with E-state index in [1.807, 2.05) is 19.9 Å². The first kappa shape index (κ1) is 14.4. The minimum absolute atomic E-state index is 0.0266. The SMILES string of the molecule is CCCN(CCO)C(=O)c1ccc(NCC)cn1. The van der Waals surface area contributed by atoms with Crippen LogP contribution in [0.25, 0.3) is 0 Å². The zero-order chi connectivity index (χ0) is 13.4. The number of hydrogen-bond acceptors (Lipinski definition) is 4. The number of carbonyl (C=O) groups excluding carboxylic acids is 1. The number of rotatable bonds is 7. The molecule has 0 saturated heterocycles. The van der Waals surface area contributed by atoms with Gasteiger partial charge in [-0.1, -0.05) is 6.92 Å². The number of amides is 1. The van der Waals surface area contributed by atoms with Crippen LogP contribution in [0.4, 0.5) is 5.69 Å². The van der Waals surface area contributed by atoms with Crippen molar-refractivity contribution in [3.63, 3.8) is 0 Å². The van der Waals surface area contributed by atoms with Crippen LogP contribution in [0.15, 0.2) is 18.3 Å². The smallest absolute Gasteiger partial charge is 0.272 e. The van der Waals surface area contributed by atoms with Crippen LogP contribution >= 0.6 is 0 Å².